The summed E-state index contributed by atoms with van der Waals surface area (Å²) in [7, 11) is 0. The van der Waals surface area contributed by atoms with Gasteiger partial charge in [0.1, 0.15) is 5.82 Å². The zero-order valence-corrected chi connectivity index (χ0v) is 13.5. The molecular weight excluding hydrogens is 284 g/mol. The van der Waals surface area contributed by atoms with Gasteiger partial charge < -0.3 is 10.3 Å². The van der Waals surface area contributed by atoms with E-state index in [0.717, 1.165) is 49.4 Å². The Morgan fingerprint density at radius 1 is 1.29 bits per heavy atom. The Hall–Kier alpha value is -1.39. The fraction of sp³-hybridized carbons (Fsp3) is 0.500. The molecule has 0 unspecified atom stereocenters. The van der Waals surface area contributed by atoms with Gasteiger partial charge in [-0.3, -0.25) is 4.98 Å². The molecule has 21 heavy (non-hydrogen) atoms. The molecule has 0 aliphatic heterocycles. The van der Waals surface area contributed by atoms with Crippen molar-refractivity contribution < 1.29 is 0 Å². The van der Waals surface area contributed by atoms with Crippen molar-refractivity contribution in [3.05, 3.63) is 46.3 Å². The highest BCUT2D eigenvalue weighted by Gasteiger charge is 2.08. The van der Waals surface area contributed by atoms with E-state index < -0.39 is 0 Å². The zero-order chi connectivity index (χ0) is 15.1. The second kappa shape index (κ2) is 8.15. The van der Waals surface area contributed by atoms with Crippen LogP contribution in [0.3, 0.4) is 0 Å². The first kappa shape index (κ1) is 16.0. The number of pyridine rings is 1. The topological polar surface area (TPSA) is 53.6 Å². The van der Waals surface area contributed by atoms with Crippen molar-refractivity contribution in [2.45, 2.75) is 52.6 Å². The molecule has 0 radical (unpaired) electrons. The fourth-order valence-electron chi connectivity index (χ4n) is 2.28. The normalized spacial score (nSPS) is 11.0. The lowest BCUT2D eigenvalue weighted by atomic mass is 10.1. The second-order valence-electron chi connectivity index (χ2n) is 5.12. The molecule has 0 atom stereocenters. The molecule has 5 heteroatoms. The van der Waals surface area contributed by atoms with Gasteiger partial charge in [-0.25, -0.2) is 4.98 Å². The van der Waals surface area contributed by atoms with Crippen LogP contribution in [0.25, 0.3) is 0 Å². The standard InChI is InChI=1S/C16H23ClN4/c1-3-5-8-15-20-14(16(17)21-15)11-18-10-13-12(4-2)7-6-9-19-13/h6-7,9,18H,3-5,8,10-11H2,1-2H3,(H,20,21). The van der Waals surface area contributed by atoms with Crippen LogP contribution in [0.2, 0.25) is 5.15 Å². The Morgan fingerprint density at radius 2 is 2.14 bits per heavy atom. The number of halogens is 1. The summed E-state index contributed by atoms with van der Waals surface area (Å²) < 4.78 is 0. The van der Waals surface area contributed by atoms with Crippen molar-refractivity contribution in [2.75, 3.05) is 0 Å². The molecule has 0 bridgehead atoms. The molecule has 2 rings (SSSR count). The number of aromatic nitrogens is 3. The minimum absolute atomic E-state index is 0.574. The predicted octanol–water partition coefficient (Wildman–Crippen LogP) is 3.65. The number of H-pyrrole nitrogens is 1. The van der Waals surface area contributed by atoms with Crippen LogP contribution in [0.5, 0.6) is 0 Å². The SMILES string of the molecule is CCCCc1nc(Cl)c(CNCc2ncccc2CC)[nH]1. The van der Waals surface area contributed by atoms with Gasteiger partial charge in [-0.15, -0.1) is 0 Å². The maximum atomic E-state index is 6.17. The van der Waals surface area contributed by atoms with Gasteiger partial charge in [0.05, 0.1) is 11.4 Å². The van der Waals surface area contributed by atoms with Crippen LogP contribution < -0.4 is 5.32 Å². The smallest absolute Gasteiger partial charge is 0.151 e. The number of aromatic amines is 1. The number of nitrogens with one attached hydrogen (secondary N) is 2. The van der Waals surface area contributed by atoms with Gasteiger partial charge in [0.15, 0.2) is 5.15 Å². The molecule has 0 amide bonds. The average molecular weight is 307 g/mol. The van der Waals surface area contributed by atoms with Crippen molar-refractivity contribution in [3.63, 3.8) is 0 Å². The molecule has 0 aromatic carbocycles. The van der Waals surface area contributed by atoms with Gasteiger partial charge in [0, 0.05) is 25.7 Å². The Balaban J connectivity index is 1.89. The van der Waals surface area contributed by atoms with E-state index >= 15 is 0 Å². The van der Waals surface area contributed by atoms with E-state index in [2.05, 4.69) is 40.2 Å². The van der Waals surface area contributed by atoms with E-state index in [-0.39, 0.29) is 0 Å². The molecule has 0 saturated heterocycles. The molecule has 2 aromatic rings. The van der Waals surface area contributed by atoms with Gasteiger partial charge in [-0.05, 0) is 24.5 Å². The molecule has 0 aliphatic carbocycles. The van der Waals surface area contributed by atoms with Gasteiger partial charge in [0.25, 0.3) is 0 Å². The third kappa shape index (κ3) is 4.55. The summed E-state index contributed by atoms with van der Waals surface area (Å²) >= 11 is 6.17. The Kier molecular flexibility index (Phi) is 6.21. The van der Waals surface area contributed by atoms with Crippen LogP contribution in [-0.2, 0) is 25.9 Å². The summed E-state index contributed by atoms with van der Waals surface area (Å²) in [6, 6.07) is 4.10. The Morgan fingerprint density at radius 3 is 2.90 bits per heavy atom. The van der Waals surface area contributed by atoms with E-state index in [9.17, 15) is 0 Å². The van der Waals surface area contributed by atoms with E-state index in [4.69, 9.17) is 11.6 Å². The van der Waals surface area contributed by atoms with Gasteiger partial charge in [0.2, 0.25) is 0 Å². The van der Waals surface area contributed by atoms with Crippen molar-refractivity contribution in [1.82, 2.24) is 20.3 Å². The molecule has 2 N–H and O–H groups in total. The van der Waals surface area contributed by atoms with Gasteiger partial charge in [-0.1, -0.05) is 37.9 Å². The molecule has 0 saturated carbocycles. The molecule has 114 valence electrons. The summed E-state index contributed by atoms with van der Waals surface area (Å²) in [6.07, 6.45) is 6.07. The minimum atomic E-state index is 0.574. The molecule has 0 aliphatic rings. The number of rotatable bonds is 8. The van der Waals surface area contributed by atoms with Crippen LogP contribution in [0.1, 0.15) is 49.5 Å². The third-order valence-corrected chi connectivity index (χ3v) is 3.82. The number of aryl methyl sites for hydroxylation is 2. The molecule has 4 nitrogen and oxygen atoms in total. The number of unbranched alkanes of at least 4 members (excludes halogenated alkanes) is 1. The van der Waals surface area contributed by atoms with E-state index in [0.29, 0.717) is 11.7 Å². The first-order valence-electron chi connectivity index (χ1n) is 7.61. The fourth-order valence-corrected chi connectivity index (χ4v) is 2.49. The highest BCUT2D eigenvalue weighted by atomic mass is 35.5. The quantitative estimate of drug-likeness (QED) is 0.782. The lowest BCUT2D eigenvalue weighted by Crippen LogP contribution is -2.15. The third-order valence-electron chi connectivity index (χ3n) is 3.50. The first-order chi connectivity index (χ1) is 10.2. The second-order valence-corrected chi connectivity index (χ2v) is 5.48. The zero-order valence-electron chi connectivity index (χ0n) is 12.7. The van der Waals surface area contributed by atoms with Crippen LogP contribution >= 0.6 is 11.6 Å². The Bertz CT molecular complexity index is 565. The molecule has 0 spiro atoms. The molecule has 2 heterocycles. The number of hydrogen-bond acceptors (Lipinski definition) is 3. The number of hydrogen-bond donors (Lipinski definition) is 2. The van der Waals surface area contributed by atoms with E-state index in [1.165, 1.54) is 5.56 Å². The molecule has 2 aromatic heterocycles. The van der Waals surface area contributed by atoms with Gasteiger partial charge >= 0.3 is 0 Å². The largest absolute Gasteiger partial charge is 0.344 e. The monoisotopic (exact) mass is 306 g/mol. The van der Waals surface area contributed by atoms with E-state index in [1.54, 1.807) is 0 Å². The lowest BCUT2D eigenvalue weighted by molar-refractivity contribution is 0.661. The van der Waals surface area contributed by atoms with Gasteiger partial charge in [-0.2, -0.15) is 0 Å². The van der Waals surface area contributed by atoms with Crippen molar-refractivity contribution in [2.24, 2.45) is 0 Å². The number of imidazole rings is 1. The van der Waals surface area contributed by atoms with E-state index in [1.807, 2.05) is 12.3 Å². The highest BCUT2D eigenvalue weighted by molar-refractivity contribution is 6.30. The summed E-state index contributed by atoms with van der Waals surface area (Å²) in [5.41, 5.74) is 3.34. The van der Waals surface area contributed by atoms with Crippen molar-refractivity contribution in [3.8, 4) is 0 Å². The summed E-state index contributed by atoms with van der Waals surface area (Å²) in [5.74, 6) is 0.978. The minimum Gasteiger partial charge on any atom is -0.344 e. The summed E-state index contributed by atoms with van der Waals surface area (Å²) in [5, 5.41) is 3.96. The highest BCUT2D eigenvalue weighted by Crippen LogP contribution is 2.14. The maximum absolute atomic E-state index is 6.17. The summed E-state index contributed by atoms with van der Waals surface area (Å²) in [6.45, 7) is 5.73. The maximum Gasteiger partial charge on any atom is 0.151 e. The average Bonchev–Trinajstić information content (AvgIpc) is 2.86. The lowest BCUT2D eigenvalue weighted by Gasteiger charge is -2.07. The van der Waals surface area contributed by atoms with Crippen molar-refractivity contribution >= 4 is 11.6 Å². The molecular formula is C16H23ClN4. The van der Waals surface area contributed by atoms with Crippen LogP contribution in [0, 0.1) is 0 Å². The Labute approximate surface area is 131 Å². The number of nitrogens with zero attached hydrogens (tertiary/aromatic N) is 2. The van der Waals surface area contributed by atoms with Crippen LogP contribution in [0.15, 0.2) is 18.3 Å². The summed E-state index contributed by atoms with van der Waals surface area (Å²) in [4.78, 5) is 12.1. The van der Waals surface area contributed by atoms with Crippen LogP contribution in [0.4, 0.5) is 0 Å². The van der Waals surface area contributed by atoms with Crippen LogP contribution in [-0.4, -0.2) is 15.0 Å². The molecule has 0 fully saturated rings. The first-order valence-corrected chi connectivity index (χ1v) is 7.99. The van der Waals surface area contributed by atoms with Crippen molar-refractivity contribution in [1.29, 1.82) is 0 Å². The predicted molar refractivity (Wildman–Crippen MR) is 86.4 cm³/mol.